The molecule has 1 aromatic rings. The third kappa shape index (κ3) is 2.68. The number of aliphatic carboxylic acids is 1. The third-order valence-corrected chi connectivity index (χ3v) is 4.80. The molecule has 0 saturated carbocycles. The molecular formula is C14H19ClN2O4. The molecule has 7 heteroatoms. The van der Waals surface area contributed by atoms with Crippen LogP contribution in [0.25, 0.3) is 0 Å². The number of β-amino-alcohol motifs (C(OH)–C–C–N with tert-alkyl or cyclic N) is 1. The number of hydrogen-bond acceptors (Lipinski definition) is 5. The smallest absolute Gasteiger partial charge is 0.312 e. The SMILES string of the molecule is O=C(O)[C@]12CN(CCO)C[C@H]1CN(Cc1ccc(Cl)o1)C2. The third-order valence-electron chi connectivity index (χ3n) is 4.60. The summed E-state index contributed by atoms with van der Waals surface area (Å²) in [4.78, 5) is 16.0. The van der Waals surface area contributed by atoms with Crippen LogP contribution < -0.4 is 0 Å². The molecule has 2 atom stereocenters. The van der Waals surface area contributed by atoms with Crippen molar-refractivity contribution in [2.45, 2.75) is 6.54 Å². The van der Waals surface area contributed by atoms with Crippen molar-refractivity contribution in [3.05, 3.63) is 23.1 Å². The van der Waals surface area contributed by atoms with Crippen molar-refractivity contribution >= 4 is 17.6 Å². The topological polar surface area (TPSA) is 77.1 Å². The predicted octanol–water partition coefficient (Wildman–Crippen LogP) is 0.744. The quantitative estimate of drug-likeness (QED) is 0.835. The molecule has 2 fully saturated rings. The molecule has 116 valence electrons. The zero-order chi connectivity index (χ0) is 15.0. The van der Waals surface area contributed by atoms with Crippen molar-refractivity contribution in [2.24, 2.45) is 11.3 Å². The highest BCUT2D eigenvalue weighted by Crippen LogP contribution is 2.43. The van der Waals surface area contributed by atoms with E-state index in [1.54, 1.807) is 6.07 Å². The Morgan fingerprint density at radius 3 is 2.67 bits per heavy atom. The summed E-state index contributed by atoms with van der Waals surface area (Å²) in [7, 11) is 0. The summed E-state index contributed by atoms with van der Waals surface area (Å²) in [6.07, 6.45) is 0. The number of aliphatic hydroxyl groups is 1. The van der Waals surface area contributed by atoms with Gasteiger partial charge in [0.2, 0.25) is 0 Å². The van der Waals surface area contributed by atoms with Crippen molar-refractivity contribution in [3.8, 4) is 0 Å². The number of carbonyl (C=O) groups is 1. The van der Waals surface area contributed by atoms with Gasteiger partial charge in [-0.05, 0) is 23.7 Å². The van der Waals surface area contributed by atoms with Crippen LogP contribution in [0.5, 0.6) is 0 Å². The highest BCUT2D eigenvalue weighted by molar-refractivity contribution is 6.28. The summed E-state index contributed by atoms with van der Waals surface area (Å²) in [5, 5.41) is 19.1. The first kappa shape index (κ1) is 14.8. The minimum Gasteiger partial charge on any atom is -0.481 e. The van der Waals surface area contributed by atoms with E-state index in [0.717, 1.165) is 18.8 Å². The van der Waals surface area contributed by atoms with E-state index in [-0.39, 0.29) is 12.5 Å². The minimum atomic E-state index is -0.743. The van der Waals surface area contributed by atoms with E-state index in [1.807, 2.05) is 11.0 Å². The van der Waals surface area contributed by atoms with Gasteiger partial charge in [-0.1, -0.05) is 0 Å². The van der Waals surface area contributed by atoms with Gasteiger partial charge >= 0.3 is 5.97 Å². The second-order valence-corrected chi connectivity index (χ2v) is 6.36. The first-order valence-electron chi connectivity index (χ1n) is 7.07. The molecule has 21 heavy (non-hydrogen) atoms. The molecule has 0 amide bonds. The lowest BCUT2D eigenvalue weighted by Crippen LogP contribution is -2.41. The molecule has 0 radical (unpaired) electrons. The zero-order valence-corrected chi connectivity index (χ0v) is 12.4. The average Bonchev–Trinajstić information content (AvgIpc) is 3.03. The van der Waals surface area contributed by atoms with Gasteiger partial charge in [-0.25, -0.2) is 0 Å². The fourth-order valence-electron chi connectivity index (χ4n) is 3.67. The van der Waals surface area contributed by atoms with Crippen molar-refractivity contribution in [2.75, 3.05) is 39.3 Å². The highest BCUT2D eigenvalue weighted by atomic mass is 35.5. The number of nitrogens with zero attached hydrogens (tertiary/aromatic N) is 2. The molecule has 0 aromatic carbocycles. The van der Waals surface area contributed by atoms with Crippen molar-refractivity contribution < 1.29 is 19.4 Å². The van der Waals surface area contributed by atoms with Crippen LogP contribution in [0, 0.1) is 11.3 Å². The van der Waals surface area contributed by atoms with Crippen LogP contribution in [-0.2, 0) is 11.3 Å². The first-order valence-corrected chi connectivity index (χ1v) is 7.44. The van der Waals surface area contributed by atoms with Crippen LogP contribution >= 0.6 is 11.6 Å². The summed E-state index contributed by atoms with van der Waals surface area (Å²) in [5.74, 6) is 0.104. The number of rotatable bonds is 5. The molecule has 2 N–H and O–H groups in total. The Kier molecular flexibility index (Phi) is 3.96. The molecule has 3 rings (SSSR count). The lowest BCUT2D eigenvalue weighted by Gasteiger charge is -2.24. The lowest BCUT2D eigenvalue weighted by atomic mass is 9.81. The van der Waals surface area contributed by atoms with E-state index in [4.69, 9.17) is 21.1 Å². The van der Waals surface area contributed by atoms with Crippen LogP contribution in [-0.4, -0.2) is 65.3 Å². The summed E-state index contributed by atoms with van der Waals surface area (Å²) in [5.41, 5.74) is -0.731. The first-order chi connectivity index (χ1) is 10.0. The number of furan rings is 1. The van der Waals surface area contributed by atoms with Gasteiger partial charge in [0.05, 0.1) is 18.6 Å². The number of fused-ring (bicyclic) bond motifs is 1. The van der Waals surface area contributed by atoms with Gasteiger partial charge in [0.1, 0.15) is 5.76 Å². The van der Waals surface area contributed by atoms with E-state index in [2.05, 4.69) is 4.90 Å². The van der Waals surface area contributed by atoms with Gasteiger partial charge in [0, 0.05) is 38.6 Å². The number of halogens is 1. The molecule has 1 aromatic heterocycles. The van der Waals surface area contributed by atoms with Crippen LogP contribution in [0.1, 0.15) is 5.76 Å². The van der Waals surface area contributed by atoms with Gasteiger partial charge in [0.15, 0.2) is 5.22 Å². The standard InChI is InChI=1S/C14H19ClN2O4/c15-12-2-1-11(21-12)7-17-6-10-5-16(3-4-18)8-14(10,9-17)13(19)20/h1-2,10,18H,3-9H2,(H,19,20)/t10-,14-/m0/s1. The van der Waals surface area contributed by atoms with Crippen LogP contribution in [0.2, 0.25) is 5.22 Å². The lowest BCUT2D eigenvalue weighted by molar-refractivity contribution is -0.149. The maximum atomic E-state index is 11.8. The Hall–Kier alpha value is -1.08. The Labute approximate surface area is 127 Å². The normalized spacial score (nSPS) is 29.9. The molecular weight excluding hydrogens is 296 g/mol. The van der Waals surface area contributed by atoms with E-state index in [9.17, 15) is 9.90 Å². The molecule has 2 saturated heterocycles. The minimum absolute atomic E-state index is 0.0665. The molecule has 2 aliphatic rings. The van der Waals surface area contributed by atoms with E-state index < -0.39 is 11.4 Å². The Balaban J connectivity index is 1.70. The maximum Gasteiger partial charge on any atom is 0.312 e. The number of carboxylic acid groups (broad SMARTS) is 1. The Morgan fingerprint density at radius 2 is 2.10 bits per heavy atom. The average molecular weight is 315 g/mol. The van der Waals surface area contributed by atoms with Crippen molar-refractivity contribution in [1.29, 1.82) is 0 Å². The van der Waals surface area contributed by atoms with Gasteiger partial charge in [-0.3, -0.25) is 14.6 Å². The van der Waals surface area contributed by atoms with Crippen LogP contribution in [0.3, 0.4) is 0 Å². The second-order valence-electron chi connectivity index (χ2n) is 5.99. The summed E-state index contributed by atoms with van der Waals surface area (Å²) >= 11 is 5.76. The van der Waals surface area contributed by atoms with Gasteiger partial charge < -0.3 is 14.6 Å². The van der Waals surface area contributed by atoms with E-state index >= 15 is 0 Å². The van der Waals surface area contributed by atoms with Crippen molar-refractivity contribution in [1.82, 2.24) is 9.80 Å². The molecule has 6 nitrogen and oxygen atoms in total. The zero-order valence-electron chi connectivity index (χ0n) is 11.7. The number of hydrogen-bond donors (Lipinski definition) is 2. The summed E-state index contributed by atoms with van der Waals surface area (Å²) in [6, 6.07) is 3.52. The predicted molar refractivity (Wildman–Crippen MR) is 76.1 cm³/mol. The van der Waals surface area contributed by atoms with E-state index in [0.29, 0.717) is 31.4 Å². The fraction of sp³-hybridized carbons (Fsp3) is 0.643. The largest absolute Gasteiger partial charge is 0.481 e. The number of likely N-dealkylation sites (tertiary alicyclic amines) is 2. The highest BCUT2D eigenvalue weighted by Gasteiger charge is 2.57. The second kappa shape index (κ2) is 5.61. The number of aliphatic hydroxyl groups excluding tert-OH is 1. The molecule has 0 aliphatic carbocycles. The molecule has 0 spiro atoms. The van der Waals surface area contributed by atoms with E-state index in [1.165, 1.54) is 0 Å². The fourth-order valence-corrected chi connectivity index (χ4v) is 3.83. The monoisotopic (exact) mass is 314 g/mol. The summed E-state index contributed by atoms with van der Waals surface area (Å²) in [6.45, 7) is 3.65. The molecule has 0 unspecified atom stereocenters. The molecule has 2 aliphatic heterocycles. The van der Waals surface area contributed by atoms with Crippen LogP contribution in [0.15, 0.2) is 16.5 Å². The Morgan fingerprint density at radius 1 is 1.38 bits per heavy atom. The van der Waals surface area contributed by atoms with Crippen LogP contribution in [0.4, 0.5) is 0 Å². The van der Waals surface area contributed by atoms with Gasteiger partial charge in [0.25, 0.3) is 0 Å². The number of carboxylic acids is 1. The van der Waals surface area contributed by atoms with Gasteiger partial charge in [-0.15, -0.1) is 0 Å². The summed E-state index contributed by atoms with van der Waals surface area (Å²) < 4.78 is 5.35. The Bertz CT molecular complexity index is 535. The van der Waals surface area contributed by atoms with Gasteiger partial charge in [-0.2, -0.15) is 0 Å². The van der Waals surface area contributed by atoms with Crippen molar-refractivity contribution in [3.63, 3.8) is 0 Å². The molecule has 3 heterocycles. The molecule has 0 bridgehead atoms. The maximum absolute atomic E-state index is 11.8.